The number of primary amides is 1. The van der Waals surface area contributed by atoms with Gasteiger partial charge in [0.05, 0.1) is 29.6 Å². The highest BCUT2D eigenvalue weighted by atomic mass is 16.3. The van der Waals surface area contributed by atoms with Crippen LogP contribution in [0.4, 0.5) is 11.4 Å². The second-order valence-electron chi connectivity index (χ2n) is 11.2. The van der Waals surface area contributed by atoms with Gasteiger partial charge in [-0.1, -0.05) is 0 Å². The molecule has 1 heterocycles. The quantitative estimate of drug-likeness (QED) is 0.182. The number of aromatic nitrogens is 2. The van der Waals surface area contributed by atoms with E-state index in [1.165, 1.54) is 0 Å². The first-order valence-electron chi connectivity index (χ1n) is 13.0. The number of phenols is 1. The Morgan fingerprint density at radius 1 is 1.25 bits per heavy atom. The number of Topliss-reactive ketones (excluding diaryl/α,β-unsaturated/α-hetero) is 2. The number of amides is 1. The maximum atomic E-state index is 14.0. The van der Waals surface area contributed by atoms with Gasteiger partial charge in [-0.05, 0) is 50.6 Å². The Hall–Kier alpha value is -3.94. The number of nitrogens with zero attached hydrogens (tertiary/aromatic N) is 3. The summed E-state index contributed by atoms with van der Waals surface area (Å²) in [6.45, 7) is 0.256. The minimum atomic E-state index is -2.62. The van der Waals surface area contributed by atoms with Crippen LogP contribution in [-0.2, 0) is 22.6 Å². The molecule has 0 aliphatic heterocycles. The molecule has 1 amide bonds. The summed E-state index contributed by atoms with van der Waals surface area (Å²) in [5.41, 5.74) is 4.75. The van der Waals surface area contributed by atoms with Crippen LogP contribution in [0.2, 0.25) is 0 Å². The summed E-state index contributed by atoms with van der Waals surface area (Å²) in [5.74, 6) is -7.65. The second kappa shape index (κ2) is 9.61. The lowest BCUT2D eigenvalue weighted by atomic mass is 9.56. The molecule has 13 heteroatoms. The van der Waals surface area contributed by atoms with Crippen LogP contribution in [-0.4, -0.2) is 98.9 Å². The van der Waals surface area contributed by atoms with Crippen LogP contribution in [0.15, 0.2) is 29.7 Å². The molecule has 0 saturated heterocycles. The topological polar surface area (TPSA) is 205 Å². The first-order valence-corrected chi connectivity index (χ1v) is 13.0. The molecule has 1 aromatic heterocycles. The SMILES string of the molecule is CN(C)c1cc(NCc2cc[nH]n2)c(O)c2c1CC1CC3C(N(C)C)C(O)C(C(N)=O)C(=O)C3(O)C(O)=C1C2=O. The third kappa shape index (κ3) is 3.87. The van der Waals surface area contributed by atoms with Crippen molar-refractivity contribution in [2.75, 3.05) is 38.4 Å². The van der Waals surface area contributed by atoms with Gasteiger partial charge in [0.2, 0.25) is 5.91 Å². The van der Waals surface area contributed by atoms with E-state index in [9.17, 15) is 34.8 Å². The number of carbonyl (C=O) groups excluding carboxylic acids is 3. The Bertz CT molecular complexity index is 1420. The fraction of sp³-hybridized carbons (Fsp3) is 0.481. The van der Waals surface area contributed by atoms with Crippen molar-refractivity contribution in [2.45, 2.75) is 37.1 Å². The lowest BCUT2D eigenvalue weighted by Gasteiger charge is -2.53. The zero-order valence-electron chi connectivity index (χ0n) is 22.7. The lowest BCUT2D eigenvalue weighted by Crippen LogP contribution is -2.71. The largest absolute Gasteiger partial charge is 0.508 e. The van der Waals surface area contributed by atoms with Gasteiger partial charge in [0.1, 0.15) is 17.4 Å². The predicted molar refractivity (Wildman–Crippen MR) is 144 cm³/mol. The summed E-state index contributed by atoms with van der Waals surface area (Å²) in [4.78, 5) is 43.1. The summed E-state index contributed by atoms with van der Waals surface area (Å²) in [7, 11) is 6.86. The van der Waals surface area contributed by atoms with E-state index >= 15 is 0 Å². The van der Waals surface area contributed by atoms with Crippen molar-refractivity contribution >= 4 is 28.8 Å². The number of ketones is 2. The molecule has 214 valence electrons. The molecule has 13 nitrogen and oxygen atoms in total. The van der Waals surface area contributed by atoms with Crippen molar-refractivity contribution in [1.82, 2.24) is 15.1 Å². The van der Waals surface area contributed by atoms with Gasteiger partial charge < -0.3 is 41.3 Å². The molecule has 3 aliphatic rings. The zero-order chi connectivity index (χ0) is 29.3. The number of aliphatic hydroxyl groups excluding tert-OH is 2. The summed E-state index contributed by atoms with van der Waals surface area (Å²) < 4.78 is 0. The highest BCUT2D eigenvalue weighted by molar-refractivity contribution is 6.17. The van der Waals surface area contributed by atoms with Crippen LogP contribution in [0.3, 0.4) is 0 Å². The normalized spacial score (nSPS) is 29.6. The number of fused-ring (bicyclic) bond motifs is 3. The molecule has 8 N–H and O–H groups in total. The molecule has 0 radical (unpaired) electrons. The molecule has 6 unspecified atom stereocenters. The fourth-order valence-corrected chi connectivity index (χ4v) is 6.76. The predicted octanol–water partition coefficient (Wildman–Crippen LogP) is -0.313. The Morgan fingerprint density at radius 3 is 2.52 bits per heavy atom. The van der Waals surface area contributed by atoms with E-state index in [0.717, 1.165) is 0 Å². The molecule has 6 atom stereocenters. The smallest absolute Gasteiger partial charge is 0.230 e. The number of nitrogens with one attached hydrogen (secondary N) is 2. The van der Waals surface area contributed by atoms with E-state index in [0.29, 0.717) is 16.9 Å². The number of phenolic OH excluding ortho intramolecular Hbond substituents is 1. The van der Waals surface area contributed by atoms with E-state index < -0.39 is 58.7 Å². The Balaban J connectivity index is 1.66. The average molecular weight is 555 g/mol. The lowest BCUT2D eigenvalue weighted by molar-refractivity contribution is -0.178. The van der Waals surface area contributed by atoms with Gasteiger partial charge in [-0.3, -0.25) is 19.5 Å². The molecule has 2 aromatic rings. The van der Waals surface area contributed by atoms with Gasteiger partial charge in [0.25, 0.3) is 0 Å². The van der Waals surface area contributed by atoms with Crippen LogP contribution in [0.1, 0.15) is 28.0 Å². The summed E-state index contributed by atoms with van der Waals surface area (Å²) >= 11 is 0. The molecule has 0 spiro atoms. The standard InChI is InChI=1S/C27H34N6O7/c1-32(2)16-9-15(29-10-12-5-6-30-31-12)21(34)18-13(16)7-11-8-14-20(33(3)4)23(36)19(26(28)39)25(38)27(14,40)24(37)17(11)22(18)35/h5-6,9,11,14,19-20,23,29,34,36-37,40H,7-8,10H2,1-4H3,(H2,28,39)(H,30,31). The number of hydrogen-bond acceptors (Lipinski definition) is 11. The number of hydrogen-bond donors (Lipinski definition) is 7. The summed E-state index contributed by atoms with van der Waals surface area (Å²) in [6, 6.07) is 2.57. The molecule has 1 fully saturated rings. The number of rotatable bonds is 6. The van der Waals surface area contributed by atoms with Crippen molar-refractivity contribution in [2.24, 2.45) is 23.5 Å². The van der Waals surface area contributed by atoms with Crippen LogP contribution in [0.25, 0.3) is 0 Å². The number of benzene rings is 1. The number of likely N-dealkylation sites (N-methyl/N-ethyl adjacent to an activating group) is 1. The number of allylic oxidation sites excluding steroid dienone is 1. The number of nitrogens with two attached hydrogens (primary N) is 1. The Kier molecular flexibility index (Phi) is 6.63. The zero-order valence-corrected chi connectivity index (χ0v) is 22.7. The average Bonchev–Trinajstić information content (AvgIpc) is 3.39. The monoisotopic (exact) mass is 554 g/mol. The third-order valence-corrected chi connectivity index (χ3v) is 8.57. The third-order valence-electron chi connectivity index (χ3n) is 8.57. The van der Waals surface area contributed by atoms with Gasteiger partial charge in [-0.15, -0.1) is 0 Å². The highest BCUT2D eigenvalue weighted by Crippen LogP contribution is 2.54. The first-order chi connectivity index (χ1) is 18.8. The Morgan fingerprint density at radius 2 is 1.95 bits per heavy atom. The fourth-order valence-electron chi connectivity index (χ4n) is 6.76. The maximum absolute atomic E-state index is 14.0. The number of aliphatic hydroxyl groups is 3. The maximum Gasteiger partial charge on any atom is 0.230 e. The molecular formula is C27H34N6O7. The van der Waals surface area contributed by atoms with Gasteiger partial charge >= 0.3 is 0 Å². The molecular weight excluding hydrogens is 520 g/mol. The number of carbonyl (C=O) groups is 3. The molecule has 3 aliphatic carbocycles. The van der Waals surface area contributed by atoms with Crippen molar-refractivity contribution in [1.29, 1.82) is 0 Å². The van der Waals surface area contributed by atoms with Crippen molar-refractivity contribution in [3.63, 3.8) is 0 Å². The molecule has 0 bridgehead atoms. The van der Waals surface area contributed by atoms with Crippen molar-refractivity contribution < 1.29 is 34.8 Å². The van der Waals surface area contributed by atoms with Crippen LogP contribution in [0, 0.1) is 17.8 Å². The van der Waals surface area contributed by atoms with Gasteiger partial charge in [0, 0.05) is 43.5 Å². The second-order valence-corrected chi connectivity index (χ2v) is 11.2. The van der Waals surface area contributed by atoms with Crippen LogP contribution in [0.5, 0.6) is 5.75 Å². The van der Waals surface area contributed by atoms with E-state index in [4.69, 9.17) is 5.73 Å². The highest BCUT2D eigenvalue weighted by Gasteiger charge is 2.66. The van der Waals surface area contributed by atoms with Crippen molar-refractivity contribution in [3.8, 4) is 5.75 Å². The summed E-state index contributed by atoms with van der Waals surface area (Å²) in [5, 5.41) is 55.4. The van der Waals surface area contributed by atoms with E-state index in [1.54, 1.807) is 51.4 Å². The number of H-pyrrole nitrogens is 1. The first kappa shape index (κ1) is 27.6. The van der Waals surface area contributed by atoms with E-state index in [2.05, 4.69) is 15.5 Å². The number of anilines is 2. The molecule has 5 rings (SSSR count). The van der Waals surface area contributed by atoms with Crippen LogP contribution >= 0.6 is 0 Å². The Labute approximate surface area is 230 Å². The summed E-state index contributed by atoms with van der Waals surface area (Å²) in [6.07, 6.45) is 0.419. The van der Waals surface area contributed by atoms with Gasteiger partial charge in [-0.25, -0.2) is 0 Å². The van der Waals surface area contributed by atoms with Gasteiger partial charge in [-0.2, -0.15) is 5.10 Å². The van der Waals surface area contributed by atoms with E-state index in [-0.39, 0.29) is 42.0 Å². The number of aromatic hydroxyl groups is 1. The molecule has 40 heavy (non-hydrogen) atoms. The minimum Gasteiger partial charge on any atom is -0.508 e. The van der Waals surface area contributed by atoms with E-state index in [1.807, 2.05) is 4.90 Å². The van der Waals surface area contributed by atoms with Gasteiger partial charge in [0.15, 0.2) is 17.2 Å². The molecule has 1 saturated carbocycles. The number of aromatic amines is 1. The molecule has 1 aromatic carbocycles. The minimum absolute atomic E-state index is 0.0468. The van der Waals surface area contributed by atoms with Crippen LogP contribution < -0.4 is 16.0 Å². The van der Waals surface area contributed by atoms with Crippen molar-refractivity contribution in [3.05, 3.63) is 46.5 Å².